The minimum absolute atomic E-state index is 0.199. The minimum atomic E-state index is 0.199. The van der Waals surface area contributed by atoms with Crippen molar-refractivity contribution in [2.24, 2.45) is 0 Å². The lowest BCUT2D eigenvalue weighted by molar-refractivity contribution is 0.0979. The van der Waals surface area contributed by atoms with Gasteiger partial charge >= 0.3 is 0 Å². The molecule has 0 aliphatic carbocycles. The molecule has 104 valence electrons. The fourth-order valence-corrected chi connectivity index (χ4v) is 2.31. The molecule has 0 saturated heterocycles. The minimum Gasteiger partial charge on any atom is -0.294 e. The number of carbonyl (C=O) groups excluding carboxylic acids is 1. The highest BCUT2D eigenvalue weighted by molar-refractivity contribution is 6.01. The fraction of sp³-hybridized carbons (Fsp3) is 0.333. The maximum absolute atomic E-state index is 12.4. The molecule has 2 aromatic rings. The number of ketones is 1. The number of rotatable bonds is 6. The molecule has 0 aliphatic heterocycles. The van der Waals surface area contributed by atoms with Gasteiger partial charge in [-0.2, -0.15) is 0 Å². The smallest absolute Gasteiger partial charge is 0.165 e. The van der Waals surface area contributed by atoms with Gasteiger partial charge < -0.3 is 0 Å². The van der Waals surface area contributed by atoms with E-state index in [0.29, 0.717) is 6.42 Å². The van der Waals surface area contributed by atoms with Gasteiger partial charge in [0.15, 0.2) is 5.78 Å². The standard InChI is InChI=1S/C18H21NO/c1-3-5-6-12-18(20)15-13-14-10-7-8-11-16(14)19-17(15)9-4-2/h4,7-11,13H,3,5-6,12H2,1-2H3/b9-4+. The summed E-state index contributed by atoms with van der Waals surface area (Å²) < 4.78 is 0. The molecule has 0 aliphatic rings. The van der Waals surface area contributed by atoms with Crippen molar-refractivity contribution in [2.45, 2.75) is 39.5 Å². The summed E-state index contributed by atoms with van der Waals surface area (Å²) in [5, 5.41) is 1.03. The second-order valence-electron chi connectivity index (χ2n) is 4.99. The summed E-state index contributed by atoms with van der Waals surface area (Å²) in [6, 6.07) is 9.91. The van der Waals surface area contributed by atoms with Crippen LogP contribution in [0, 0.1) is 0 Å². The maximum atomic E-state index is 12.4. The number of fused-ring (bicyclic) bond motifs is 1. The van der Waals surface area contributed by atoms with Crippen molar-refractivity contribution >= 4 is 22.8 Å². The Morgan fingerprint density at radius 2 is 2.05 bits per heavy atom. The third kappa shape index (κ3) is 3.32. The number of benzene rings is 1. The molecule has 0 amide bonds. The van der Waals surface area contributed by atoms with Crippen molar-refractivity contribution < 1.29 is 4.79 Å². The number of unbranched alkanes of at least 4 members (excludes halogenated alkanes) is 2. The van der Waals surface area contributed by atoms with Gasteiger partial charge in [0.2, 0.25) is 0 Å². The monoisotopic (exact) mass is 267 g/mol. The van der Waals surface area contributed by atoms with Crippen LogP contribution in [0.15, 0.2) is 36.4 Å². The number of hydrogen-bond donors (Lipinski definition) is 0. The molecule has 2 heteroatoms. The molecule has 0 radical (unpaired) electrons. The number of carbonyl (C=O) groups is 1. The molecule has 1 aromatic carbocycles. The van der Waals surface area contributed by atoms with Gasteiger partial charge in [-0.05, 0) is 31.6 Å². The number of hydrogen-bond acceptors (Lipinski definition) is 2. The Kier molecular flexibility index (Phi) is 5.05. The number of para-hydroxylation sites is 1. The van der Waals surface area contributed by atoms with E-state index in [1.54, 1.807) is 0 Å². The van der Waals surface area contributed by atoms with Crippen LogP contribution in [-0.4, -0.2) is 10.8 Å². The van der Waals surface area contributed by atoms with E-state index in [1.807, 2.05) is 49.4 Å². The van der Waals surface area contributed by atoms with E-state index in [1.165, 1.54) is 0 Å². The first-order valence-electron chi connectivity index (χ1n) is 7.32. The topological polar surface area (TPSA) is 30.0 Å². The van der Waals surface area contributed by atoms with Gasteiger partial charge in [0.25, 0.3) is 0 Å². The van der Waals surface area contributed by atoms with Gasteiger partial charge in [0.1, 0.15) is 0 Å². The quantitative estimate of drug-likeness (QED) is 0.542. The second kappa shape index (κ2) is 6.99. The predicted molar refractivity (Wildman–Crippen MR) is 84.9 cm³/mol. The van der Waals surface area contributed by atoms with Gasteiger partial charge in [-0.15, -0.1) is 0 Å². The van der Waals surface area contributed by atoms with E-state index in [2.05, 4.69) is 11.9 Å². The Bertz CT molecular complexity index is 628. The molecule has 0 bridgehead atoms. The molecule has 0 spiro atoms. The first-order chi connectivity index (χ1) is 9.76. The average Bonchev–Trinajstić information content (AvgIpc) is 2.47. The van der Waals surface area contributed by atoms with Crippen molar-refractivity contribution in [3.05, 3.63) is 47.7 Å². The van der Waals surface area contributed by atoms with E-state index < -0.39 is 0 Å². The molecule has 1 heterocycles. The second-order valence-corrected chi connectivity index (χ2v) is 4.99. The summed E-state index contributed by atoms with van der Waals surface area (Å²) in [6.45, 7) is 4.09. The fourth-order valence-electron chi connectivity index (χ4n) is 2.31. The molecule has 0 N–H and O–H groups in total. The molecule has 2 rings (SSSR count). The van der Waals surface area contributed by atoms with E-state index in [-0.39, 0.29) is 5.78 Å². The SMILES string of the molecule is C/C=C/c1nc2ccccc2cc1C(=O)CCCCC. The molecule has 1 aromatic heterocycles. The van der Waals surface area contributed by atoms with E-state index in [4.69, 9.17) is 0 Å². The predicted octanol–water partition coefficient (Wildman–Crippen LogP) is 5.03. The summed E-state index contributed by atoms with van der Waals surface area (Å²) >= 11 is 0. The summed E-state index contributed by atoms with van der Waals surface area (Å²) in [4.78, 5) is 17.0. The molecule has 0 saturated carbocycles. The van der Waals surface area contributed by atoms with E-state index >= 15 is 0 Å². The Labute approximate surface area is 120 Å². The summed E-state index contributed by atoms with van der Waals surface area (Å²) in [6.07, 6.45) is 7.64. The highest BCUT2D eigenvalue weighted by atomic mass is 16.1. The Balaban J connectivity index is 2.38. The van der Waals surface area contributed by atoms with Crippen LogP contribution < -0.4 is 0 Å². The maximum Gasteiger partial charge on any atom is 0.165 e. The van der Waals surface area contributed by atoms with Crippen LogP contribution in [0.25, 0.3) is 17.0 Å². The summed E-state index contributed by atoms with van der Waals surface area (Å²) in [7, 11) is 0. The number of aromatic nitrogens is 1. The van der Waals surface area contributed by atoms with Gasteiger partial charge in [-0.3, -0.25) is 4.79 Å². The lowest BCUT2D eigenvalue weighted by Gasteiger charge is -2.07. The van der Waals surface area contributed by atoms with Crippen LogP contribution in [-0.2, 0) is 0 Å². The van der Waals surface area contributed by atoms with E-state index in [9.17, 15) is 4.79 Å². The highest BCUT2D eigenvalue weighted by Gasteiger charge is 2.12. The molecular weight excluding hydrogens is 246 g/mol. The van der Waals surface area contributed by atoms with E-state index in [0.717, 1.165) is 41.4 Å². The highest BCUT2D eigenvalue weighted by Crippen LogP contribution is 2.20. The lowest BCUT2D eigenvalue weighted by atomic mass is 10.0. The molecule has 0 unspecified atom stereocenters. The summed E-state index contributed by atoms with van der Waals surface area (Å²) in [5.74, 6) is 0.199. The first kappa shape index (κ1) is 14.4. The van der Waals surface area contributed by atoms with Crippen molar-refractivity contribution in [3.63, 3.8) is 0 Å². The molecular formula is C18H21NO. The first-order valence-corrected chi connectivity index (χ1v) is 7.32. The zero-order valence-corrected chi connectivity index (χ0v) is 12.2. The van der Waals surface area contributed by atoms with Crippen molar-refractivity contribution in [1.29, 1.82) is 0 Å². The van der Waals surface area contributed by atoms with Gasteiger partial charge in [-0.25, -0.2) is 4.98 Å². The van der Waals surface area contributed by atoms with Crippen LogP contribution in [0.3, 0.4) is 0 Å². The van der Waals surface area contributed by atoms with Gasteiger partial charge in [-0.1, -0.05) is 44.0 Å². The van der Waals surface area contributed by atoms with Crippen molar-refractivity contribution in [2.75, 3.05) is 0 Å². The van der Waals surface area contributed by atoms with Crippen LogP contribution in [0.4, 0.5) is 0 Å². The Morgan fingerprint density at radius 1 is 1.25 bits per heavy atom. The average molecular weight is 267 g/mol. The van der Waals surface area contributed by atoms with Gasteiger partial charge in [0, 0.05) is 17.4 Å². The summed E-state index contributed by atoms with van der Waals surface area (Å²) in [5.41, 5.74) is 2.47. The van der Waals surface area contributed by atoms with Crippen molar-refractivity contribution in [3.8, 4) is 0 Å². The number of allylic oxidation sites excluding steroid dienone is 1. The molecule has 2 nitrogen and oxygen atoms in total. The number of pyridine rings is 1. The van der Waals surface area contributed by atoms with Crippen molar-refractivity contribution in [1.82, 2.24) is 4.98 Å². The Hall–Kier alpha value is -1.96. The zero-order valence-electron chi connectivity index (χ0n) is 12.2. The third-order valence-electron chi connectivity index (χ3n) is 3.39. The molecule has 20 heavy (non-hydrogen) atoms. The third-order valence-corrected chi connectivity index (χ3v) is 3.39. The van der Waals surface area contributed by atoms with Crippen LogP contribution >= 0.6 is 0 Å². The van der Waals surface area contributed by atoms with Crippen LogP contribution in [0.5, 0.6) is 0 Å². The number of nitrogens with zero attached hydrogens (tertiary/aromatic N) is 1. The largest absolute Gasteiger partial charge is 0.294 e. The lowest BCUT2D eigenvalue weighted by Crippen LogP contribution is -2.04. The van der Waals surface area contributed by atoms with Crippen LogP contribution in [0.2, 0.25) is 0 Å². The zero-order chi connectivity index (χ0) is 14.4. The Morgan fingerprint density at radius 3 is 2.80 bits per heavy atom. The van der Waals surface area contributed by atoms with Crippen LogP contribution in [0.1, 0.15) is 55.6 Å². The molecule has 0 fully saturated rings. The molecule has 0 atom stereocenters. The number of Topliss-reactive ketones (excluding diaryl/α,β-unsaturated/α-hetero) is 1. The normalized spacial score (nSPS) is 11.3. The van der Waals surface area contributed by atoms with Gasteiger partial charge in [0.05, 0.1) is 11.2 Å².